The Morgan fingerprint density at radius 1 is 1.33 bits per heavy atom. The molecule has 2 rings (SSSR count). The molecule has 1 unspecified atom stereocenters. The fourth-order valence-electron chi connectivity index (χ4n) is 2.53. The highest BCUT2D eigenvalue weighted by Gasteiger charge is 2.18. The second kappa shape index (κ2) is 11.4. The monoisotopic (exact) mass is 449 g/mol. The molecule has 1 aromatic heterocycles. The molecule has 1 atom stereocenters. The number of halogens is 1. The molecule has 0 spiro atoms. The van der Waals surface area contributed by atoms with E-state index in [0.717, 1.165) is 38.7 Å². The third kappa shape index (κ3) is 7.14. The van der Waals surface area contributed by atoms with Gasteiger partial charge in [-0.3, -0.25) is 9.89 Å². The van der Waals surface area contributed by atoms with Gasteiger partial charge in [0.15, 0.2) is 5.96 Å². The number of aliphatic imine (C=N–C) groups is 1. The van der Waals surface area contributed by atoms with Gasteiger partial charge < -0.3 is 20.7 Å². The molecule has 3 N–H and O–H groups in total. The van der Waals surface area contributed by atoms with Crippen LogP contribution in [0.2, 0.25) is 0 Å². The van der Waals surface area contributed by atoms with Crippen LogP contribution in [0.4, 0.5) is 5.95 Å². The van der Waals surface area contributed by atoms with Crippen LogP contribution in [0.1, 0.15) is 6.92 Å². The lowest BCUT2D eigenvalue weighted by molar-refractivity contribution is 0.179. The quantitative estimate of drug-likeness (QED) is 0.348. The van der Waals surface area contributed by atoms with E-state index in [1.807, 2.05) is 13.0 Å². The van der Waals surface area contributed by atoms with E-state index in [1.54, 1.807) is 19.5 Å². The van der Waals surface area contributed by atoms with Crippen LogP contribution in [0.5, 0.6) is 0 Å². The van der Waals surface area contributed by atoms with Gasteiger partial charge in [-0.25, -0.2) is 9.97 Å². The minimum atomic E-state index is 0. The summed E-state index contributed by atoms with van der Waals surface area (Å²) < 4.78 is 5.05. The van der Waals surface area contributed by atoms with Crippen molar-refractivity contribution in [3.05, 3.63) is 18.5 Å². The molecule has 0 aliphatic carbocycles. The van der Waals surface area contributed by atoms with E-state index < -0.39 is 0 Å². The van der Waals surface area contributed by atoms with Gasteiger partial charge in [0.05, 0.1) is 13.2 Å². The Hall–Kier alpha value is -1.20. The molecule has 0 saturated carbocycles. The number of ether oxygens (including phenoxy) is 1. The lowest BCUT2D eigenvalue weighted by atomic mass is 10.3. The topological polar surface area (TPSA) is 91.9 Å². The van der Waals surface area contributed by atoms with Gasteiger partial charge in [0.2, 0.25) is 5.95 Å². The smallest absolute Gasteiger partial charge is 0.225 e. The van der Waals surface area contributed by atoms with Crippen molar-refractivity contribution in [1.29, 1.82) is 0 Å². The second-order valence-electron chi connectivity index (χ2n) is 5.65. The molecule has 0 aromatic carbocycles. The number of anilines is 1. The number of nitrogens with one attached hydrogen (secondary N) is 1. The van der Waals surface area contributed by atoms with Crippen LogP contribution < -0.4 is 16.0 Å². The van der Waals surface area contributed by atoms with E-state index in [2.05, 4.69) is 30.1 Å². The normalized spacial score (nSPS) is 17.2. The number of piperazine rings is 1. The van der Waals surface area contributed by atoms with E-state index in [0.29, 0.717) is 19.1 Å². The Morgan fingerprint density at radius 3 is 2.62 bits per heavy atom. The Balaban J connectivity index is 0.00000288. The Bertz CT molecular complexity index is 480. The van der Waals surface area contributed by atoms with Crippen LogP contribution in [0.15, 0.2) is 23.5 Å². The van der Waals surface area contributed by atoms with Crippen molar-refractivity contribution in [1.82, 2.24) is 20.2 Å². The van der Waals surface area contributed by atoms with Crippen molar-refractivity contribution in [2.45, 2.75) is 13.0 Å². The fraction of sp³-hybridized carbons (Fsp3) is 0.667. The molecule has 0 radical (unpaired) electrons. The molecule has 0 bridgehead atoms. The highest BCUT2D eigenvalue weighted by molar-refractivity contribution is 14.0. The molecule has 1 saturated heterocycles. The predicted molar refractivity (Wildman–Crippen MR) is 107 cm³/mol. The molecular formula is C15H28IN7O. The number of nitrogens with two attached hydrogens (primary N) is 1. The first-order chi connectivity index (χ1) is 11.2. The maximum atomic E-state index is 5.86. The lowest BCUT2D eigenvalue weighted by Crippen LogP contribution is -2.48. The molecule has 0 amide bonds. The zero-order valence-electron chi connectivity index (χ0n) is 14.4. The molecular weight excluding hydrogens is 421 g/mol. The predicted octanol–water partition coefficient (Wildman–Crippen LogP) is 0.156. The Labute approximate surface area is 160 Å². The summed E-state index contributed by atoms with van der Waals surface area (Å²) in [5.74, 6) is 1.29. The summed E-state index contributed by atoms with van der Waals surface area (Å²) in [6.45, 7) is 8.07. The van der Waals surface area contributed by atoms with Gasteiger partial charge in [-0.05, 0) is 13.0 Å². The molecule has 8 nitrogen and oxygen atoms in total. The third-order valence-corrected chi connectivity index (χ3v) is 3.72. The molecule has 1 fully saturated rings. The Morgan fingerprint density at radius 2 is 2.00 bits per heavy atom. The van der Waals surface area contributed by atoms with Crippen LogP contribution in [0, 0.1) is 0 Å². The summed E-state index contributed by atoms with van der Waals surface area (Å²) in [5, 5.41) is 3.11. The zero-order valence-corrected chi connectivity index (χ0v) is 16.7. The number of methoxy groups -OCH3 is 1. The van der Waals surface area contributed by atoms with Crippen LogP contribution in [-0.2, 0) is 4.74 Å². The zero-order chi connectivity index (χ0) is 16.5. The van der Waals surface area contributed by atoms with E-state index in [1.165, 1.54) is 0 Å². The SMILES string of the molecule is COCC(C)NC(N)=NCCN1CCN(c2ncccn2)CC1.I. The van der Waals surface area contributed by atoms with Crippen molar-refractivity contribution in [2.75, 3.05) is 57.9 Å². The summed E-state index contributed by atoms with van der Waals surface area (Å²) >= 11 is 0. The first-order valence-electron chi connectivity index (χ1n) is 7.98. The fourth-order valence-corrected chi connectivity index (χ4v) is 2.53. The first-order valence-corrected chi connectivity index (χ1v) is 7.98. The first kappa shape index (κ1) is 20.8. The molecule has 136 valence electrons. The average Bonchev–Trinajstić information content (AvgIpc) is 2.56. The van der Waals surface area contributed by atoms with E-state index in [9.17, 15) is 0 Å². The van der Waals surface area contributed by atoms with Crippen molar-refractivity contribution in [3.63, 3.8) is 0 Å². The lowest BCUT2D eigenvalue weighted by Gasteiger charge is -2.34. The Kier molecular flexibility index (Phi) is 9.88. The minimum Gasteiger partial charge on any atom is -0.383 e. The number of aromatic nitrogens is 2. The van der Waals surface area contributed by atoms with Crippen molar-refractivity contribution in [2.24, 2.45) is 10.7 Å². The van der Waals surface area contributed by atoms with Crippen molar-refractivity contribution >= 4 is 35.9 Å². The molecule has 1 aliphatic rings. The summed E-state index contributed by atoms with van der Waals surface area (Å²) in [6, 6.07) is 2.00. The third-order valence-electron chi connectivity index (χ3n) is 3.72. The summed E-state index contributed by atoms with van der Waals surface area (Å²) in [6.07, 6.45) is 3.56. The number of rotatable bonds is 7. The number of hydrogen-bond acceptors (Lipinski definition) is 6. The van der Waals surface area contributed by atoms with Gasteiger partial charge in [-0.1, -0.05) is 0 Å². The molecule has 1 aliphatic heterocycles. The van der Waals surface area contributed by atoms with Crippen LogP contribution in [0.3, 0.4) is 0 Å². The van der Waals surface area contributed by atoms with E-state index >= 15 is 0 Å². The summed E-state index contributed by atoms with van der Waals surface area (Å²) in [5.41, 5.74) is 5.86. The maximum Gasteiger partial charge on any atom is 0.225 e. The van der Waals surface area contributed by atoms with Crippen molar-refractivity contribution < 1.29 is 4.74 Å². The van der Waals surface area contributed by atoms with Gasteiger partial charge in [0.1, 0.15) is 0 Å². The van der Waals surface area contributed by atoms with Crippen LogP contribution in [0.25, 0.3) is 0 Å². The molecule has 1 aromatic rings. The van der Waals surface area contributed by atoms with E-state index in [4.69, 9.17) is 10.5 Å². The van der Waals surface area contributed by atoms with Crippen LogP contribution in [-0.4, -0.2) is 79.9 Å². The second-order valence-corrected chi connectivity index (χ2v) is 5.65. The molecule has 24 heavy (non-hydrogen) atoms. The van der Waals surface area contributed by atoms with Gasteiger partial charge in [0, 0.05) is 58.3 Å². The van der Waals surface area contributed by atoms with Gasteiger partial charge in [0.25, 0.3) is 0 Å². The number of guanidine groups is 1. The summed E-state index contributed by atoms with van der Waals surface area (Å²) in [7, 11) is 1.67. The summed E-state index contributed by atoms with van der Waals surface area (Å²) in [4.78, 5) is 17.5. The van der Waals surface area contributed by atoms with Crippen LogP contribution >= 0.6 is 24.0 Å². The average molecular weight is 449 g/mol. The molecule has 9 heteroatoms. The van der Waals surface area contributed by atoms with Gasteiger partial charge in [-0.2, -0.15) is 0 Å². The molecule has 2 heterocycles. The number of hydrogen-bond donors (Lipinski definition) is 2. The van der Waals surface area contributed by atoms with Crippen molar-refractivity contribution in [3.8, 4) is 0 Å². The maximum absolute atomic E-state index is 5.86. The standard InChI is InChI=1S/C15H27N7O.HI/c1-13(12-23-2)20-14(16)17-6-7-21-8-10-22(11-9-21)15-18-4-3-5-19-15;/h3-5,13H,6-12H2,1-2H3,(H3,16,17,20);1H. The highest BCUT2D eigenvalue weighted by atomic mass is 127. The number of nitrogens with zero attached hydrogens (tertiary/aromatic N) is 5. The van der Waals surface area contributed by atoms with Gasteiger partial charge >= 0.3 is 0 Å². The van der Waals surface area contributed by atoms with E-state index in [-0.39, 0.29) is 30.0 Å². The minimum absolute atomic E-state index is 0. The van der Waals surface area contributed by atoms with Gasteiger partial charge in [-0.15, -0.1) is 24.0 Å². The largest absolute Gasteiger partial charge is 0.383 e. The highest BCUT2D eigenvalue weighted by Crippen LogP contribution is 2.09.